The lowest BCUT2D eigenvalue weighted by Crippen LogP contribution is -2.23. The van der Waals surface area contributed by atoms with Crippen LogP contribution in [0.15, 0.2) is 0 Å². The summed E-state index contributed by atoms with van der Waals surface area (Å²) in [6, 6.07) is 4.49. The number of hydrogen-bond donors (Lipinski definition) is 0. The van der Waals surface area contributed by atoms with Crippen LogP contribution in [0.4, 0.5) is 0 Å². The van der Waals surface area contributed by atoms with Crippen molar-refractivity contribution in [2.75, 3.05) is 24.7 Å². The van der Waals surface area contributed by atoms with Crippen LogP contribution in [0.2, 0.25) is 0 Å². The molecule has 0 rings (SSSR count). The van der Waals surface area contributed by atoms with Crippen LogP contribution >= 0.6 is 71.5 Å². The maximum absolute atomic E-state index is 12.1. The number of ether oxygens (including phenoxy) is 2. The van der Waals surface area contributed by atoms with Crippen LogP contribution in [-0.4, -0.2) is 53.2 Å². The molecule has 0 amide bonds. The molecule has 6 nitrogen and oxygen atoms in total. The van der Waals surface area contributed by atoms with Gasteiger partial charge >= 0.3 is 11.9 Å². The molecule has 0 aliphatic rings. The van der Waals surface area contributed by atoms with Gasteiger partial charge in [0.1, 0.15) is 29.8 Å². The van der Waals surface area contributed by atoms with Gasteiger partial charge in [0.25, 0.3) is 0 Å². The molecular formula is C24H36N2O4S6. The number of nitrogens with zero attached hydrogens (tertiary/aromatic N) is 2. The van der Waals surface area contributed by atoms with Gasteiger partial charge < -0.3 is 9.47 Å². The Morgan fingerprint density at radius 3 is 1.44 bits per heavy atom. The van der Waals surface area contributed by atoms with Crippen molar-refractivity contribution in [3.63, 3.8) is 0 Å². The molecule has 2 atom stereocenters. The van der Waals surface area contributed by atoms with E-state index in [1.165, 1.54) is 23.5 Å². The third-order valence-electron chi connectivity index (χ3n) is 4.75. The van der Waals surface area contributed by atoms with Crippen LogP contribution in [0.5, 0.6) is 0 Å². The maximum atomic E-state index is 12.1. The molecule has 0 saturated heterocycles. The summed E-state index contributed by atoms with van der Waals surface area (Å²) in [4.78, 5) is 24.1. The van der Waals surface area contributed by atoms with E-state index in [0.717, 1.165) is 37.2 Å². The van der Waals surface area contributed by atoms with Crippen molar-refractivity contribution in [1.82, 2.24) is 0 Å². The average molecular weight is 609 g/mol. The van der Waals surface area contributed by atoms with E-state index in [1.807, 2.05) is 0 Å². The molecule has 0 bridgehead atoms. The Balaban J connectivity index is 4.25. The number of unbranched alkanes of at least 4 members (excludes halogenated alkanes) is 2. The van der Waals surface area contributed by atoms with E-state index in [-0.39, 0.29) is 26.1 Å². The first-order chi connectivity index (χ1) is 17.0. The lowest BCUT2D eigenvalue weighted by atomic mass is 10.1. The lowest BCUT2D eigenvalue weighted by molar-refractivity contribution is -0.152. The summed E-state index contributed by atoms with van der Waals surface area (Å²) in [5.74, 6) is 0.926. The minimum absolute atomic E-state index is 0.0608. The van der Waals surface area contributed by atoms with Crippen molar-refractivity contribution in [3.8, 4) is 12.1 Å². The van der Waals surface area contributed by atoms with Crippen LogP contribution in [0, 0.1) is 22.7 Å². The van der Waals surface area contributed by atoms with E-state index in [1.54, 1.807) is 37.4 Å². The highest BCUT2D eigenvalue weighted by Gasteiger charge is 2.29. The van der Waals surface area contributed by atoms with Crippen molar-refractivity contribution in [3.05, 3.63) is 0 Å². The fourth-order valence-electron chi connectivity index (χ4n) is 2.42. The van der Waals surface area contributed by atoms with Crippen molar-refractivity contribution < 1.29 is 19.1 Å². The Kier molecular flexibility index (Phi) is 20.2. The lowest BCUT2D eigenvalue weighted by Gasteiger charge is -2.20. The zero-order valence-corrected chi connectivity index (χ0v) is 26.4. The first-order valence-electron chi connectivity index (χ1n) is 11.9. The van der Waals surface area contributed by atoms with Crippen molar-refractivity contribution in [2.24, 2.45) is 0 Å². The highest BCUT2D eigenvalue weighted by Crippen LogP contribution is 2.36. The van der Waals surface area contributed by atoms with Gasteiger partial charge in [-0.1, -0.05) is 74.6 Å². The molecule has 0 aromatic heterocycles. The summed E-state index contributed by atoms with van der Waals surface area (Å²) in [5.41, 5.74) is 0. The van der Waals surface area contributed by atoms with Gasteiger partial charge in [-0.25, -0.2) is 0 Å². The fourth-order valence-corrected chi connectivity index (χ4v) is 8.54. The first kappa shape index (κ1) is 35.5. The third kappa shape index (κ3) is 17.9. The zero-order valence-electron chi connectivity index (χ0n) is 21.5. The number of nitriles is 2. The van der Waals surface area contributed by atoms with Gasteiger partial charge in [0.15, 0.2) is 0 Å². The highest BCUT2D eigenvalue weighted by atomic mass is 32.2. The van der Waals surface area contributed by atoms with Crippen LogP contribution in [-0.2, 0) is 19.1 Å². The predicted octanol–water partition coefficient (Wildman–Crippen LogP) is 7.30. The van der Waals surface area contributed by atoms with Gasteiger partial charge in [-0.05, 0) is 51.0 Å². The predicted molar refractivity (Wildman–Crippen MR) is 164 cm³/mol. The summed E-state index contributed by atoms with van der Waals surface area (Å²) in [5, 5.41) is 19.1. The Bertz CT molecular complexity index is 747. The molecule has 12 heteroatoms. The molecule has 0 aromatic rings. The average Bonchev–Trinajstić information content (AvgIpc) is 2.84. The molecule has 2 unspecified atom stereocenters. The number of thiocarbonyl (C=S) groups is 2. The van der Waals surface area contributed by atoms with E-state index >= 15 is 0 Å². The molecule has 0 N–H and O–H groups in total. The molecule has 0 fully saturated rings. The van der Waals surface area contributed by atoms with Crippen LogP contribution < -0.4 is 0 Å². The fraction of sp³-hybridized carbons (Fsp3) is 0.750. The highest BCUT2D eigenvalue weighted by molar-refractivity contribution is 8.48. The quantitative estimate of drug-likeness (QED) is 0.0940. The molecule has 0 spiro atoms. The molecule has 0 aliphatic carbocycles. The summed E-state index contributed by atoms with van der Waals surface area (Å²) < 4.78 is 10.1. The Morgan fingerprint density at radius 1 is 0.778 bits per heavy atom. The van der Waals surface area contributed by atoms with E-state index in [4.69, 9.17) is 33.9 Å². The number of carbonyl (C=O) groups excluding carboxylic acids is 2. The number of carbonyl (C=O) groups is 2. The second-order valence-electron chi connectivity index (χ2n) is 8.23. The molecule has 0 aromatic carbocycles. The topological polar surface area (TPSA) is 100 Å². The molecule has 36 heavy (non-hydrogen) atoms. The van der Waals surface area contributed by atoms with Gasteiger partial charge in [0.05, 0.1) is 12.1 Å². The van der Waals surface area contributed by atoms with Crippen molar-refractivity contribution >= 4 is 90.5 Å². The number of esters is 2. The SMILES string of the molecule is CCCCSC(=S)SC(C)(C#N)CCC(=O)OCCOC(=O)CCC(C)(C#N)SC(=S)SCCCC. The normalized spacial score (nSPS) is 13.9. The zero-order chi connectivity index (χ0) is 27.5. The van der Waals surface area contributed by atoms with Crippen molar-refractivity contribution in [2.45, 2.75) is 88.6 Å². The minimum Gasteiger partial charge on any atom is -0.462 e. The summed E-state index contributed by atoms with van der Waals surface area (Å²) >= 11 is 16.4. The number of thioether (sulfide) groups is 4. The van der Waals surface area contributed by atoms with Gasteiger partial charge in [0, 0.05) is 12.8 Å². The smallest absolute Gasteiger partial charge is 0.305 e. The monoisotopic (exact) mass is 608 g/mol. The maximum Gasteiger partial charge on any atom is 0.305 e. The summed E-state index contributed by atoms with van der Waals surface area (Å²) in [6.45, 7) is 7.63. The number of rotatable bonds is 17. The van der Waals surface area contributed by atoms with E-state index in [2.05, 4.69) is 26.0 Å². The van der Waals surface area contributed by atoms with Gasteiger partial charge in [-0.15, -0.1) is 23.5 Å². The molecule has 0 aliphatic heterocycles. The van der Waals surface area contributed by atoms with Gasteiger partial charge in [0.2, 0.25) is 0 Å². The largest absolute Gasteiger partial charge is 0.462 e. The minimum atomic E-state index is -0.802. The second kappa shape index (κ2) is 20.5. The van der Waals surface area contributed by atoms with Gasteiger partial charge in [-0.3, -0.25) is 9.59 Å². The van der Waals surface area contributed by atoms with Crippen molar-refractivity contribution in [1.29, 1.82) is 10.5 Å². The Labute approximate surface area is 244 Å². The van der Waals surface area contributed by atoms with E-state index in [9.17, 15) is 20.1 Å². The Morgan fingerprint density at radius 2 is 1.14 bits per heavy atom. The van der Waals surface area contributed by atoms with Crippen LogP contribution in [0.25, 0.3) is 0 Å². The molecule has 0 radical (unpaired) electrons. The van der Waals surface area contributed by atoms with Crippen LogP contribution in [0.3, 0.4) is 0 Å². The summed E-state index contributed by atoms with van der Waals surface area (Å²) in [7, 11) is 0. The molecular weight excluding hydrogens is 573 g/mol. The third-order valence-corrected chi connectivity index (χ3v) is 10.4. The standard InChI is InChI=1S/C24H36N2O4S6/c1-5-7-15-33-21(31)35-23(3,17-25)11-9-19(27)29-13-14-30-20(28)10-12-24(4,18-26)36-22(32)34-16-8-6-2/h5-16H2,1-4H3. The number of hydrogen-bond acceptors (Lipinski definition) is 12. The van der Waals surface area contributed by atoms with Gasteiger partial charge in [-0.2, -0.15) is 10.5 Å². The van der Waals surface area contributed by atoms with E-state index < -0.39 is 21.4 Å². The Hall–Kier alpha value is -0.500. The second-order valence-corrected chi connectivity index (χ2v) is 15.8. The first-order valence-corrected chi connectivity index (χ1v) is 16.3. The summed E-state index contributed by atoms with van der Waals surface area (Å²) in [6.07, 6.45) is 5.06. The molecule has 0 saturated carbocycles. The van der Waals surface area contributed by atoms with Crippen LogP contribution in [0.1, 0.15) is 79.1 Å². The van der Waals surface area contributed by atoms with E-state index in [0.29, 0.717) is 19.9 Å². The molecule has 202 valence electrons. The molecule has 0 heterocycles.